The Morgan fingerprint density at radius 2 is 2.05 bits per heavy atom. The highest BCUT2D eigenvalue weighted by molar-refractivity contribution is 9.10. The zero-order valence-electron chi connectivity index (χ0n) is 11.2. The van der Waals surface area contributed by atoms with Crippen LogP contribution < -0.4 is 10.1 Å². The van der Waals surface area contributed by atoms with Gasteiger partial charge in [0, 0.05) is 23.9 Å². The average Bonchev–Trinajstić information content (AvgIpc) is 2.42. The van der Waals surface area contributed by atoms with Crippen molar-refractivity contribution in [2.24, 2.45) is 0 Å². The molecule has 106 valence electrons. The molecular formula is C15H15BrFNO2. The minimum Gasteiger partial charge on any atom is -0.507 e. The Morgan fingerprint density at radius 1 is 1.30 bits per heavy atom. The van der Waals surface area contributed by atoms with Crippen LogP contribution in [0.25, 0.3) is 0 Å². The summed E-state index contributed by atoms with van der Waals surface area (Å²) >= 11 is 3.16. The highest BCUT2D eigenvalue weighted by Gasteiger charge is 2.07. The third-order valence-corrected chi connectivity index (χ3v) is 3.64. The number of methoxy groups -OCH3 is 1. The van der Waals surface area contributed by atoms with Gasteiger partial charge in [-0.3, -0.25) is 0 Å². The summed E-state index contributed by atoms with van der Waals surface area (Å²) in [7, 11) is 1.55. The van der Waals surface area contributed by atoms with Crippen molar-refractivity contribution < 1.29 is 14.2 Å². The van der Waals surface area contributed by atoms with Gasteiger partial charge in [0.15, 0.2) is 0 Å². The maximum atomic E-state index is 13.3. The van der Waals surface area contributed by atoms with Crippen molar-refractivity contribution in [3.63, 3.8) is 0 Å². The summed E-state index contributed by atoms with van der Waals surface area (Å²) in [5.41, 5.74) is 2.36. The standard InChI is InChI=1S/C15H15BrFNO2/c1-9-5-13(17)12(16)7-14(9)18-8-10-3-4-11(20-2)6-15(10)19/h3-7,18-19H,8H2,1-2H3. The second-order valence-electron chi connectivity index (χ2n) is 4.43. The summed E-state index contributed by atoms with van der Waals surface area (Å²) in [5, 5.41) is 13.1. The molecule has 0 aromatic heterocycles. The molecule has 0 fully saturated rings. The summed E-state index contributed by atoms with van der Waals surface area (Å²) in [6, 6.07) is 8.27. The van der Waals surface area contributed by atoms with Gasteiger partial charge in [-0.15, -0.1) is 0 Å². The minimum absolute atomic E-state index is 0.163. The monoisotopic (exact) mass is 339 g/mol. The normalized spacial score (nSPS) is 10.4. The van der Waals surface area contributed by atoms with Crippen LogP contribution in [-0.4, -0.2) is 12.2 Å². The number of benzene rings is 2. The lowest BCUT2D eigenvalue weighted by molar-refractivity contribution is 0.406. The molecular weight excluding hydrogens is 325 g/mol. The number of halogens is 2. The van der Waals surface area contributed by atoms with Crippen LogP contribution in [0.1, 0.15) is 11.1 Å². The van der Waals surface area contributed by atoms with Crippen molar-refractivity contribution in [3.8, 4) is 11.5 Å². The molecule has 0 saturated carbocycles. The number of ether oxygens (including phenoxy) is 1. The van der Waals surface area contributed by atoms with E-state index >= 15 is 0 Å². The van der Waals surface area contributed by atoms with E-state index in [0.717, 1.165) is 16.8 Å². The van der Waals surface area contributed by atoms with Crippen LogP contribution in [-0.2, 0) is 6.54 Å². The van der Waals surface area contributed by atoms with Gasteiger partial charge in [0.05, 0.1) is 11.6 Å². The van der Waals surface area contributed by atoms with Crippen LogP contribution >= 0.6 is 15.9 Å². The van der Waals surface area contributed by atoms with Crippen LogP contribution in [0.3, 0.4) is 0 Å². The van der Waals surface area contributed by atoms with Crippen molar-refractivity contribution in [1.82, 2.24) is 0 Å². The van der Waals surface area contributed by atoms with Gasteiger partial charge in [-0.2, -0.15) is 0 Å². The molecule has 0 heterocycles. The summed E-state index contributed by atoms with van der Waals surface area (Å²) in [4.78, 5) is 0. The fraction of sp³-hybridized carbons (Fsp3) is 0.200. The van der Waals surface area contributed by atoms with Gasteiger partial charge in [-0.1, -0.05) is 0 Å². The Labute approximate surface area is 125 Å². The van der Waals surface area contributed by atoms with Crippen molar-refractivity contribution in [2.45, 2.75) is 13.5 Å². The number of nitrogens with one attached hydrogen (secondary N) is 1. The largest absolute Gasteiger partial charge is 0.507 e. The van der Waals surface area contributed by atoms with Gasteiger partial charge < -0.3 is 15.2 Å². The second kappa shape index (κ2) is 6.13. The fourth-order valence-electron chi connectivity index (χ4n) is 1.85. The first-order chi connectivity index (χ1) is 9.51. The van der Waals surface area contributed by atoms with Crippen LogP contribution in [0.5, 0.6) is 11.5 Å². The first-order valence-electron chi connectivity index (χ1n) is 6.06. The van der Waals surface area contributed by atoms with E-state index < -0.39 is 0 Å². The van der Waals surface area contributed by atoms with E-state index in [9.17, 15) is 9.50 Å². The second-order valence-corrected chi connectivity index (χ2v) is 5.28. The summed E-state index contributed by atoms with van der Waals surface area (Å²) in [5.74, 6) is 0.475. The van der Waals surface area contributed by atoms with Crippen LogP contribution in [0.15, 0.2) is 34.8 Å². The molecule has 0 radical (unpaired) electrons. The number of aromatic hydroxyl groups is 1. The number of phenols is 1. The Morgan fingerprint density at radius 3 is 2.70 bits per heavy atom. The number of phenolic OH excluding ortho intramolecular Hbond substituents is 1. The van der Waals surface area contributed by atoms with E-state index in [2.05, 4.69) is 21.2 Å². The molecule has 2 rings (SSSR count). The summed E-state index contributed by atoms with van der Waals surface area (Å²) in [6.45, 7) is 2.26. The smallest absolute Gasteiger partial charge is 0.137 e. The van der Waals surface area contributed by atoms with E-state index in [-0.39, 0.29) is 11.6 Å². The molecule has 0 atom stereocenters. The molecule has 0 aliphatic heterocycles. The predicted octanol–water partition coefficient (Wildman–Crippen LogP) is 4.22. The van der Waals surface area contributed by atoms with Gasteiger partial charge in [0.25, 0.3) is 0 Å². The van der Waals surface area contributed by atoms with Crippen molar-refractivity contribution in [2.75, 3.05) is 12.4 Å². The van der Waals surface area contributed by atoms with Crippen LogP contribution in [0, 0.1) is 12.7 Å². The van der Waals surface area contributed by atoms with Crippen LogP contribution in [0.2, 0.25) is 0 Å². The van der Waals surface area contributed by atoms with Crippen LogP contribution in [0.4, 0.5) is 10.1 Å². The topological polar surface area (TPSA) is 41.5 Å². The van der Waals surface area contributed by atoms with Gasteiger partial charge in [-0.05, 0) is 52.7 Å². The molecule has 20 heavy (non-hydrogen) atoms. The molecule has 2 aromatic rings. The molecule has 0 aliphatic rings. The average molecular weight is 340 g/mol. The lowest BCUT2D eigenvalue weighted by atomic mass is 10.1. The van der Waals surface area contributed by atoms with Gasteiger partial charge in [-0.25, -0.2) is 4.39 Å². The third kappa shape index (κ3) is 3.22. The third-order valence-electron chi connectivity index (χ3n) is 3.03. The highest BCUT2D eigenvalue weighted by atomic mass is 79.9. The van der Waals surface area contributed by atoms with Crippen molar-refractivity contribution >= 4 is 21.6 Å². The Bertz CT molecular complexity index is 632. The first kappa shape index (κ1) is 14.7. The molecule has 2 aromatic carbocycles. The lowest BCUT2D eigenvalue weighted by Crippen LogP contribution is -2.02. The fourth-order valence-corrected chi connectivity index (χ4v) is 2.19. The summed E-state index contributed by atoms with van der Waals surface area (Å²) < 4.78 is 18.8. The minimum atomic E-state index is -0.291. The van der Waals surface area contributed by atoms with E-state index in [1.54, 1.807) is 31.4 Å². The zero-order valence-corrected chi connectivity index (χ0v) is 12.8. The molecule has 5 heteroatoms. The van der Waals surface area contributed by atoms with E-state index in [4.69, 9.17) is 4.74 Å². The molecule has 0 aliphatic carbocycles. The molecule has 2 N–H and O–H groups in total. The maximum Gasteiger partial charge on any atom is 0.137 e. The number of aryl methyl sites for hydroxylation is 1. The van der Waals surface area contributed by atoms with Crippen molar-refractivity contribution in [1.29, 1.82) is 0 Å². The van der Waals surface area contributed by atoms with Gasteiger partial charge in [0.1, 0.15) is 17.3 Å². The molecule has 0 spiro atoms. The number of hydrogen-bond acceptors (Lipinski definition) is 3. The maximum absolute atomic E-state index is 13.3. The predicted molar refractivity (Wildman–Crippen MR) is 80.8 cm³/mol. The SMILES string of the molecule is COc1ccc(CNc2cc(Br)c(F)cc2C)c(O)c1. The molecule has 0 saturated heterocycles. The Hall–Kier alpha value is -1.75. The highest BCUT2D eigenvalue weighted by Crippen LogP contribution is 2.27. The summed E-state index contributed by atoms with van der Waals surface area (Å²) in [6.07, 6.45) is 0. The quantitative estimate of drug-likeness (QED) is 0.876. The zero-order chi connectivity index (χ0) is 14.7. The number of hydrogen-bond donors (Lipinski definition) is 2. The first-order valence-corrected chi connectivity index (χ1v) is 6.86. The van der Waals surface area contributed by atoms with E-state index in [1.165, 1.54) is 6.07 Å². The molecule has 0 amide bonds. The van der Waals surface area contributed by atoms with Crippen molar-refractivity contribution in [3.05, 3.63) is 51.7 Å². The number of rotatable bonds is 4. The van der Waals surface area contributed by atoms with E-state index in [1.807, 2.05) is 6.92 Å². The molecule has 3 nitrogen and oxygen atoms in total. The van der Waals surface area contributed by atoms with Gasteiger partial charge in [0.2, 0.25) is 0 Å². The molecule has 0 unspecified atom stereocenters. The molecule has 0 bridgehead atoms. The Balaban J connectivity index is 2.15. The van der Waals surface area contributed by atoms with Gasteiger partial charge >= 0.3 is 0 Å². The lowest BCUT2D eigenvalue weighted by Gasteiger charge is -2.12. The number of anilines is 1. The Kier molecular flexibility index (Phi) is 4.49. The van der Waals surface area contributed by atoms with E-state index in [0.29, 0.717) is 16.8 Å².